The Labute approximate surface area is 110 Å². The summed E-state index contributed by atoms with van der Waals surface area (Å²) in [7, 11) is 0. The predicted octanol–water partition coefficient (Wildman–Crippen LogP) is 3.74. The molecule has 2 aliphatic rings. The van der Waals surface area contributed by atoms with Crippen molar-refractivity contribution in [1.29, 1.82) is 0 Å². The SMILES string of the molecule is Clc1ccc(Br)c2c1CC[C@@H]1CNCC[C@@H]21. The second-order valence-electron chi connectivity index (χ2n) is 4.82. The Hall–Kier alpha value is -0.0500. The summed E-state index contributed by atoms with van der Waals surface area (Å²) in [5, 5.41) is 4.45. The smallest absolute Gasteiger partial charge is 0.0441 e. The molecule has 1 N–H and O–H groups in total. The summed E-state index contributed by atoms with van der Waals surface area (Å²) >= 11 is 10.0. The lowest BCUT2D eigenvalue weighted by Crippen LogP contribution is -2.38. The van der Waals surface area contributed by atoms with Crippen LogP contribution in [0.2, 0.25) is 5.02 Å². The van der Waals surface area contributed by atoms with Crippen LogP contribution in [0.25, 0.3) is 0 Å². The molecule has 1 nitrogen and oxygen atoms in total. The van der Waals surface area contributed by atoms with Crippen molar-refractivity contribution < 1.29 is 0 Å². The first-order valence-corrected chi connectivity index (χ1v) is 7.12. The quantitative estimate of drug-likeness (QED) is 0.769. The standard InChI is InChI=1S/C13H15BrClN/c14-11-3-4-12(15)10-2-1-8-7-16-6-5-9(8)13(10)11/h3-4,8-9,16H,1-2,5-7H2/t8-,9-/m1/s1. The van der Waals surface area contributed by atoms with Crippen LogP contribution in [0.15, 0.2) is 16.6 Å². The zero-order chi connectivity index (χ0) is 11.1. The van der Waals surface area contributed by atoms with Gasteiger partial charge in [0.15, 0.2) is 0 Å². The van der Waals surface area contributed by atoms with Gasteiger partial charge in [0, 0.05) is 9.50 Å². The highest BCUT2D eigenvalue weighted by molar-refractivity contribution is 9.10. The molecule has 1 aliphatic heterocycles. The molecule has 0 unspecified atom stereocenters. The maximum atomic E-state index is 6.31. The van der Waals surface area contributed by atoms with Gasteiger partial charge in [0.1, 0.15) is 0 Å². The van der Waals surface area contributed by atoms with Gasteiger partial charge in [-0.25, -0.2) is 0 Å². The summed E-state index contributed by atoms with van der Waals surface area (Å²) in [6.45, 7) is 2.31. The van der Waals surface area contributed by atoms with Crippen molar-refractivity contribution in [2.24, 2.45) is 5.92 Å². The zero-order valence-corrected chi connectivity index (χ0v) is 11.4. The van der Waals surface area contributed by atoms with Crippen molar-refractivity contribution in [3.63, 3.8) is 0 Å². The van der Waals surface area contributed by atoms with E-state index >= 15 is 0 Å². The van der Waals surface area contributed by atoms with Crippen LogP contribution in [-0.2, 0) is 6.42 Å². The summed E-state index contributed by atoms with van der Waals surface area (Å²) in [4.78, 5) is 0. The molecule has 0 saturated carbocycles. The lowest BCUT2D eigenvalue weighted by atomic mass is 9.72. The number of benzene rings is 1. The minimum Gasteiger partial charge on any atom is -0.316 e. The Morgan fingerprint density at radius 3 is 3.06 bits per heavy atom. The van der Waals surface area contributed by atoms with Crippen LogP contribution < -0.4 is 5.32 Å². The van der Waals surface area contributed by atoms with Gasteiger partial charge in [0.25, 0.3) is 0 Å². The van der Waals surface area contributed by atoms with Crippen molar-refractivity contribution in [1.82, 2.24) is 5.32 Å². The van der Waals surface area contributed by atoms with Crippen molar-refractivity contribution in [2.45, 2.75) is 25.2 Å². The zero-order valence-electron chi connectivity index (χ0n) is 9.10. The molecular weight excluding hydrogens is 286 g/mol. The molecule has 0 radical (unpaired) electrons. The van der Waals surface area contributed by atoms with Crippen LogP contribution in [0.1, 0.15) is 29.9 Å². The lowest BCUT2D eigenvalue weighted by molar-refractivity contribution is 0.292. The number of rotatable bonds is 0. The number of hydrogen-bond acceptors (Lipinski definition) is 1. The molecule has 0 spiro atoms. The first kappa shape index (κ1) is 11.1. The molecule has 0 bridgehead atoms. The second-order valence-corrected chi connectivity index (χ2v) is 6.08. The van der Waals surface area contributed by atoms with Crippen LogP contribution in [0, 0.1) is 5.92 Å². The molecule has 86 valence electrons. The molecular formula is C13H15BrClN. The molecule has 16 heavy (non-hydrogen) atoms. The number of halogens is 2. The molecule has 1 fully saturated rings. The summed E-state index contributed by atoms with van der Waals surface area (Å²) < 4.78 is 1.25. The summed E-state index contributed by atoms with van der Waals surface area (Å²) in [6, 6.07) is 4.12. The van der Waals surface area contributed by atoms with Crippen molar-refractivity contribution >= 4 is 27.5 Å². The average molecular weight is 301 g/mol. The van der Waals surface area contributed by atoms with Gasteiger partial charge in [-0.05, 0) is 67.4 Å². The molecule has 2 atom stereocenters. The van der Waals surface area contributed by atoms with Crippen LogP contribution in [0.4, 0.5) is 0 Å². The summed E-state index contributed by atoms with van der Waals surface area (Å²) in [5.74, 6) is 1.51. The molecule has 1 aliphatic carbocycles. The van der Waals surface area contributed by atoms with Crippen LogP contribution >= 0.6 is 27.5 Å². The first-order valence-electron chi connectivity index (χ1n) is 5.95. The van der Waals surface area contributed by atoms with Crippen molar-refractivity contribution in [3.05, 3.63) is 32.8 Å². The Bertz CT molecular complexity index is 419. The largest absolute Gasteiger partial charge is 0.316 e. The summed E-state index contributed by atoms with van der Waals surface area (Å²) in [5.41, 5.74) is 2.88. The van der Waals surface area contributed by atoms with Crippen LogP contribution in [0.5, 0.6) is 0 Å². The van der Waals surface area contributed by atoms with E-state index < -0.39 is 0 Å². The van der Waals surface area contributed by atoms with E-state index in [-0.39, 0.29) is 0 Å². The third-order valence-electron chi connectivity index (χ3n) is 3.99. The normalized spacial score (nSPS) is 28.4. The molecule has 3 heteroatoms. The summed E-state index contributed by atoms with van der Waals surface area (Å²) in [6.07, 6.45) is 3.66. The number of nitrogens with one attached hydrogen (secondary N) is 1. The molecule has 0 amide bonds. The first-order chi connectivity index (χ1) is 7.77. The third-order valence-corrected chi connectivity index (χ3v) is 5.04. The molecule has 1 heterocycles. The van der Waals surface area contributed by atoms with Gasteiger partial charge < -0.3 is 5.32 Å². The van der Waals surface area contributed by atoms with E-state index in [4.69, 9.17) is 11.6 Å². The minimum atomic E-state index is 0.707. The van der Waals surface area contributed by atoms with Gasteiger partial charge in [0.2, 0.25) is 0 Å². The highest BCUT2D eigenvalue weighted by Crippen LogP contribution is 2.45. The second kappa shape index (κ2) is 4.32. The van der Waals surface area contributed by atoms with Gasteiger partial charge in [-0.2, -0.15) is 0 Å². The highest BCUT2D eigenvalue weighted by atomic mass is 79.9. The van der Waals surface area contributed by atoms with E-state index in [0.717, 1.165) is 23.9 Å². The Morgan fingerprint density at radius 1 is 1.31 bits per heavy atom. The maximum absolute atomic E-state index is 6.31. The molecule has 1 saturated heterocycles. The van der Waals surface area contributed by atoms with E-state index in [0.29, 0.717) is 5.92 Å². The fourth-order valence-electron chi connectivity index (χ4n) is 3.20. The monoisotopic (exact) mass is 299 g/mol. The fraction of sp³-hybridized carbons (Fsp3) is 0.538. The number of hydrogen-bond donors (Lipinski definition) is 1. The van der Waals surface area contributed by atoms with E-state index in [9.17, 15) is 0 Å². The Balaban J connectivity index is 2.10. The van der Waals surface area contributed by atoms with E-state index in [2.05, 4.69) is 27.3 Å². The van der Waals surface area contributed by atoms with Crippen molar-refractivity contribution in [2.75, 3.05) is 13.1 Å². The Morgan fingerprint density at radius 2 is 2.19 bits per heavy atom. The highest BCUT2D eigenvalue weighted by Gasteiger charge is 2.33. The van der Waals surface area contributed by atoms with Crippen LogP contribution in [0.3, 0.4) is 0 Å². The molecule has 1 aromatic carbocycles. The number of piperidine rings is 1. The molecule has 3 rings (SSSR count). The van der Waals surface area contributed by atoms with Gasteiger partial charge in [-0.3, -0.25) is 0 Å². The van der Waals surface area contributed by atoms with Crippen molar-refractivity contribution in [3.8, 4) is 0 Å². The van der Waals surface area contributed by atoms with Gasteiger partial charge in [-0.15, -0.1) is 0 Å². The van der Waals surface area contributed by atoms with E-state index in [1.165, 1.54) is 35.0 Å². The minimum absolute atomic E-state index is 0.707. The third kappa shape index (κ3) is 1.71. The van der Waals surface area contributed by atoms with Gasteiger partial charge in [-0.1, -0.05) is 27.5 Å². The van der Waals surface area contributed by atoms with Gasteiger partial charge >= 0.3 is 0 Å². The lowest BCUT2D eigenvalue weighted by Gasteiger charge is -2.38. The average Bonchev–Trinajstić information content (AvgIpc) is 2.33. The molecule has 1 aromatic rings. The predicted molar refractivity (Wildman–Crippen MR) is 71.2 cm³/mol. The topological polar surface area (TPSA) is 12.0 Å². The van der Waals surface area contributed by atoms with E-state index in [1.807, 2.05) is 6.07 Å². The fourth-order valence-corrected chi connectivity index (χ4v) is 4.13. The van der Waals surface area contributed by atoms with Crippen LogP contribution in [-0.4, -0.2) is 13.1 Å². The van der Waals surface area contributed by atoms with E-state index in [1.54, 1.807) is 0 Å². The maximum Gasteiger partial charge on any atom is 0.0441 e. The molecule has 0 aromatic heterocycles. The van der Waals surface area contributed by atoms with Gasteiger partial charge in [0.05, 0.1) is 0 Å². The Kier molecular flexibility index (Phi) is 2.99. The number of fused-ring (bicyclic) bond motifs is 3.